The molecular weight excluding hydrogens is 208 g/mol. The lowest BCUT2D eigenvalue weighted by molar-refractivity contribution is 0.497. The fraction of sp³-hybridized carbons (Fsp3) is 0.600. The summed E-state index contributed by atoms with van der Waals surface area (Å²) < 4.78 is 0. The van der Waals surface area contributed by atoms with Crippen LogP contribution in [0.5, 0.6) is 0 Å². The van der Waals surface area contributed by atoms with Crippen molar-refractivity contribution >= 4 is 0 Å². The van der Waals surface area contributed by atoms with Crippen molar-refractivity contribution in [3.63, 3.8) is 0 Å². The molecule has 0 heterocycles. The second-order valence-electron chi connectivity index (χ2n) is 6.00. The lowest BCUT2D eigenvalue weighted by Gasteiger charge is -2.13. The second-order valence-corrected chi connectivity index (χ2v) is 6.00. The third-order valence-corrected chi connectivity index (χ3v) is 3.86. The first-order valence-corrected chi connectivity index (χ1v) is 6.58. The van der Waals surface area contributed by atoms with E-state index in [0.717, 1.165) is 25.4 Å². The molecule has 0 radical (unpaired) electrons. The Hall–Kier alpha value is -0.860. The van der Waals surface area contributed by atoms with Gasteiger partial charge in [-0.2, -0.15) is 0 Å². The SMILES string of the molecule is CC1(C)CC1CNCC(N)Cc1ccccc1. The van der Waals surface area contributed by atoms with Crippen molar-refractivity contribution in [3.8, 4) is 0 Å². The van der Waals surface area contributed by atoms with E-state index in [4.69, 9.17) is 5.73 Å². The molecule has 2 rings (SSSR count). The Morgan fingerprint density at radius 3 is 2.59 bits per heavy atom. The number of hydrogen-bond donors (Lipinski definition) is 2. The number of benzene rings is 1. The molecule has 17 heavy (non-hydrogen) atoms. The van der Waals surface area contributed by atoms with Gasteiger partial charge in [0.2, 0.25) is 0 Å². The Bertz CT molecular complexity index is 345. The molecule has 1 aliphatic rings. The highest BCUT2D eigenvalue weighted by molar-refractivity contribution is 5.15. The van der Waals surface area contributed by atoms with Crippen molar-refractivity contribution < 1.29 is 0 Å². The van der Waals surface area contributed by atoms with E-state index in [1.54, 1.807) is 0 Å². The molecule has 0 amide bonds. The molecule has 1 saturated carbocycles. The monoisotopic (exact) mass is 232 g/mol. The van der Waals surface area contributed by atoms with Gasteiger partial charge in [-0.05, 0) is 36.3 Å². The van der Waals surface area contributed by atoms with Gasteiger partial charge in [-0.1, -0.05) is 44.2 Å². The van der Waals surface area contributed by atoms with Gasteiger partial charge in [-0.15, -0.1) is 0 Å². The van der Waals surface area contributed by atoms with Crippen molar-refractivity contribution in [1.29, 1.82) is 0 Å². The third-order valence-electron chi connectivity index (χ3n) is 3.86. The van der Waals surface area contributed by atoms with Crippen molar-refractivity contribution in [1.82, 2.24) is 5.32 Å². The molecule has 3 N–H and O–H groups in total. The predicted octanol–water partition coefficient (Wildman–Crippen LogP) is 2.19. The summed E-state index contributed by atoms with van der Waals surface area (Å²) in [6, 6.07) is 10.7. The van der Waals surface area contributed by atoms with E-state index in [1.807, 2.05) is 6.07 Å². The maximum atomic E-state index is 6.12. The standard InChI is InChI=1S/C15H24N2/c1-15(2)9-13(15)10-17-11-14(16)8-12-6-4-3-5-7-12/h3-7,13-14,17H,8-11,16H2,1-2H3. The lowest BCUT2D eigenvalue weighted by atomic mass is 10.1. The van der Waals surface area contributed by atoms with Gasteiger partial charge >= 0.3 is 0 Å². The molecule has 2 atom stereocenters. The van der Waals surface area contributed by atoms with Crippen LogP contribution >= 0.6 is 0 Å². The van der Waals surface area contributed by atoms with E-state index in [1.165, 1.54) is 12.0 Å². The van der Waals surface area contributed by atoms with Gasteiger partial charge in [0.25, 0.3) is 0 Å². The molecule has 1 fully saturated rings. The Labute approximate surface area is 105 Å². The maximum Gasteiger partial charge on any atom is 0.0206 e. The summed E-state index contributed by atoms with van der Waals surface area (Å²) in [7, 11) is 0. The average molecular weight is 232 g/mol. The van der Waals surface area contributed by atoms with Crippen molar-refractivity contribution in [3.05, 3.63) is 35.9 Å². The van der Waals surface area contributed by atoms with Crippen LogP contribution in [0.4, 0.5) is 0 Å². The number of nitrogens with two attached hydrogens (primary N) is 1. The van der Waals surface area contributed by atoms with Crippen molar-refractivity contribution in [2.24, 2.45) is 17.1 Å². The summed E-state index contributed by atoms with van der Waals surface area (Å²) >= 11 is 0. The highest BCUT2D eigenvalue weighted by Gasteiger charge is 2.44. The van der Waals surface area contributed by atoms with Crippen molar-refractivity contribution in [2.75, 3.05) is 13.1 Å². The van der Waals surface area contributed by atoms with Crippen molar-refractivity contribution in [2.45, 2.75) is 32.7 Å². The summed E-state index contributed by atoms with van der Waals surface area (Å²) in [5.41, 5.74) is 8.01. The topological polar surface area (TPSA) is 38.0 Å². The lowest BCUT2D eigenvalue weighted by Crippen LogP contribution is -2.36. The van der Waals surface area contributed by atoms with Crippen LogP contribution in [0, 0.1) is 11.3 Å². The molecule has 1 aliphatic carbocycles. The number of hydrogen-bond acceptors (Lipinski definition) is 2. The van der Waals surface area contributed by atoms with E-state index in [2.05, 4.69) is 43.4 Å². The normalized spacial score (nSPS) is 23.4. The van der Waals surface area contributed by atoms with Gasteiger partial charge < -0.3 is 11.1 Å². The first kappa shape index (κ1) is 12.6. The quantitative estimate of drug-likeness (QED) is 0.789. The summed E-state index contributed by atoms with van der Waals surface area (Å²) in [5.74, 6) is 0.853. The molecule has 1 aromatic rings. The van der Waals surface area contributed by atoms with Crippen LogP contribution in [-0.2, 0) is 6.42 Å². The zero-order valence-electron chi connectivity index (χ0n) is 10.9. The van der Waals surface area contributed by atoms with E-state index in [9.17, 15) is 0 Å². The van der Waals surface area contributed by atoms with Gasteiger partial charge in [0.05, 0.1) is 0 Å². The fourth-order valence-corrected chi connectivity index (χ4v) is 2.36. The van der Waals surface area contributed by atoms with Crippen LogP contribution in [0.3, 0.4) is 0 Å². The highest BCUT2D eigenvalue weighted by Crippen LogP contribution is 2.50. The minimum atomic E-state index is 0.222. The van der Waals surface area contributed by atoms with Gasteiger partial charge in [-0.3, -0.25) is 0 Å². The van der Waals surface area contributed by atoms with E-state index in [0.29, 0.717) is 5.41 Å². The van der Waals surface area contributed by atoms with E-state index < -0.39 is 0 Å². The van der Waals surface area contributed by atoms with Gasteiger partial charge in [0.1, 0.15) is 0 Å². The Morgan fingerprint density at radius 2 is 2.00 bits per heavy atom. The largest absolute Gasteiger partial charge is 0.326 e. The van der Waals surface area contributed by atoms with E-state index >= 15 is 0 Å². The molecule has 0 aromatic heterocycles. The fourth-order valence-electron chi connectivity index (χ4n) is 2.36. The molecule has 0 bridgehead atoms. The van der Waals surface area contributed by atoms with Gasteiger partial charge in [0, 0.05) is 12.6 Å². The second kappa shape index (κ2) is 5.19. The molecule has 2 unspecified atom stereocenters. The number of rotatable bonds is 6. The minimum Gasteiger partial charge on any atom is -0.326 e. The molecular formula is C15H24N2. The van der Waals surface area contributed by atoms with Crippen LogP contribution in [0.25, 0.3) is 0 Å². The summed E-state index contributed by atoms with van der Waals surface area (Å²) in [4.78, 5) is 0. The zero-order valence-corrected chi connectivity index (χ0v) is 10.9. The Balaban J connectivity index is 1.63. The zero-order chi connectivity index (χ0) is 12.3. The van der Waals surface area contributed by atoms with Crippen LogP contribution in [0.2, 0.25) is 0 Å². The minimum absolute atomic E-state index is 0.222. The first-order valence-electron chi connectivity index (χ1n) is 6.58. The van der Waals surface area contributed by atoms with Crippen LogP contribution in [0.15, 0.2) is 30.3 Å². The number of nitrogens with one attached hydrogen (secondary N) is 1. The first-order chi connectivity index (χ1) is 8.08. The van der Waals surface area contributed by atoms with Crippen LogP contribution in [-0.4, -0.2) is 19.1 Å². The highest BCUT2D eigenvalue weighted by atomic mass is 14.9. The summed E-state index contributed by atoms with van der Waals surface area (Å²) in [6.07, 6.45) is 2.32. The predicted molar refractivity (Wildman–Crippen MR) is 72.9 cm³/mol. The third kappa shape index (κ3) is 3.83. The van der Waals surface area contributed by atoms with E-state index in [-0.39, 0.29) is 6.04 Å². The molecule has 2 nitrogen and oxygen atoms in total. The molecule has 0 saturated heterocycles. The van der Waals surface area contributed by atoms with Crippen LogP contribution in [0.1, 0.15) is 25.8 Å². The Morgan fingerprint density at radius 1 is 1.35 bits per heavy atom. The molecule has 0 aliphatic heterocycles. The smallest absolute Gasteiger partial charge is 0.0206 e. The maximum absolute atomic E-state index is 6.12. The van der Waals surface area contributed by atoms with Gasteiger partial charge in [0.15, 0.2) is 0 Å². The molecule has 94 valence electrons. The molecule has 2 heteroatoms. The average Bonchev–Trinajstić information content (AvgIpc) is 2.88. The molecule has 1 aromatic carbocycles. The molecule has 0 spiro atoms. The Kier molecular flexibility index (Phi) is 3.85. The summed E-state index contributed by atoms with van der Waals surface area (Å²) in [6.45, 7) is 6.71. The summed E-state index contributed by atoms with van der Waals surface area (Å²) in [5, 5.41) is 3.50. The van der Waals surface area contributed by atoms with Crippen LogP contribution < -0.4 is 11.1 Å². The van der Waals surface area contributed by atoms with Gasteiger partial charge in [-0.25, -0.2) is 0 Å².